The fraction of sp³-hybridized carbons (Fsp3) is 0.200. The van der Waals surface area contributed by atoms with Gasteiger partial charge in [-0.25, -0.2) is 14.4 Å². The van der Waals surface area contributed by atoms with Gasteiger partial charge in [0.05, 0.1) is 16.6 Å². The number of nitrogens with one attached hydrogen (secondary N) is 2. The first-order chi connectivity index (χ1) is 13.4. The molecule has 2 N–H and O–H groups in total. The van der Waals surface area contributed by atoms with Crippen molar-refractivity contribution in [3.8, 4) is 5.69 Å². The fourth-order valence-electron chi connectivity index (χ4n) is 3.31. The molecule has 3 heterocycles. The van der Waals surface area contributed by atoms with Crippen LogP contribution in [0.5, 0.6) is 0 Å². The molecule has 7 nitrogen and oxygen atoms in total. The molecule has 0 atom stereocenters. The summed E-state index contributed by atoms with van der Waals surface area (Å²) < 4.78 is 15.7. The molecule has 0 bridgehead atoms. The minimum atomic E-state index is -0.362. The summed E-state index contributed by atoms with van der Waals surface area (Å²) in [7, 11) is 0. The van der Waals surface area contributed by atoms with Crippen molar-refractivity contribution in [3.63, 3.8) is 0 Å². The van der Waals surface area contributed by atoms with Crippen LogP contribution in [0.3, 0.4) is 0 Å². The molecular weight excluding hydrogens is 359 g/mol. The number of halogens is 1. The number of fused-ring (bicyclic) bond motifs is 1. The van der Waals surface area contributed by atoms with Crippen LogP contribution in [0.25, 0.3) is 16.7 Å². The van der Waals surface area contributed by atoms with Crippen LogP contribution in [0.4, 0.5) is 4.39 Å². The first-order valence-corrected chi connectivity index (χ1v) is 8.83. The number of rotatable bonds is 4. The fourth-order valence-corrected chi connectivity index (χ4v) is 3.31. The molecule has 0 aliphatic carbocycles. The van der Waals surface area contributed by atoms with E-state index in [2.05, 4.69) is 25.5 Å². The number of imidazole rings is 1. The topological polar surface area (TPSA) is 88.5 Å². The zero-order valence-corrected chi connectivity index (χ0v) is 15.7. The van der Waals surface area contributed by atoms with E-state index in [9.17, 15) is 9.18 Å². The summed E-state index contributed by atoms with van der Waals surface area (Å²) in [4.78, 5) is 21.4. The molecule has 0 spiro atoms. The summed E-state index contributed by atoms with van der Waals surface area (Å²) >= 11 is 0. The Morgan fingerprint density at radius 3 is 2.82 bits per heavy atom. The Balaban J connectivity index is 1.66. The van der Waals surface area contributed by atoms with Crippen molar-refractivity contribution in [2.75, 3.05) is 0 Å². The minimum absolute atomic E-state index is 0.170. The Hall–Kier alpha value is -3.55. The number of amides is 1. The molecule has 0 aliphatic heterocycles. The van der Waals surface area contributed by atoms with Crippen LogP contribution >= 0.6 is 0 Å². The lowest BCUT2D eigenvalue weighted by Gasteiger charge is -2.13. The molecule has 0 saturated heterocycles. The lowest BCUT2D eigenvalue weighted by molar-refractivity contribution is 0.0952. The van der Waals surface area contributed by atoms with Gasteiger partial charge in [0.2, 0.25) is 0 Å². The van der Waals surface area contributed by atoms with Crippen LogP contribution in [0.15, 0.2) is 36.7 Å². The normalized spacial score (nSPS) is 11.1. The largest absolute Gasteiger partial charge is 0.348 e. The lowest BCUT2D eigenvalue weighted by atomic mass is 10.1. The molecule has 3 aromatic heterocycles. The van der Waals surface area contributed by atoms with Crippen LogP contribution < -0.4 is 5.32 Å². The van der Waals surface area contributed by atoms with Crippen molar-refractivity contribution in [2.24, 2.45) is 0 Å². The number of H-pyrrole nitrogens is 1. The number of hydrogen-bond acceptors (Lipinski definition) is 4. The van der Waals surface area contributed by atoms with Gasteiger partial charge in [0.1, 0.15) is 11.6 Å². The maximum Gasteiger partial charge on any atom is 0.252 e. The maximum atomic E-state index is 13.9. The van der Waals surface area contributed by atoms with E-state index >= 15 is 0 Å². The number of nitrogens with zero attached hydrogens (tertiary/aromatic N) is 4. The molecule has 28 heavy (non-hydrogen) atoms. The van der Waals surface area contributed by atoms with Gasteiger partial charge in [-0.05, 0) is 50.6 Å². The van der Waals surface area contributed by atoms with E-state index in [0.717, 1.165) is 17.2 Å². The Kier molecular flexibility index (Phi) is 4.38. The molecule has 0 radical (unpaired) electrons. The van der Waals surface area contributed by atoms with Gasteiger partial charge in [-0.1, -0.05) is 0 Å². The minimum Gasteiger partial charge on any atom is -0.348 e. The number of pyridine rings is 1. The highest BCUT2D eigenvalue weighted by Crippen LogP contribution is 2.21. The molecule has 142 valence electrons. The predicted molar refractivity (Wildman–Crippen MR) is 103 cm³/mol. The van der Waals surface area contributed by atoms with E-state index in [0.29, 0.717) is 27.9 Å². The van der Waals surface area contributed by atoms with Gasteiger partial charge in [-0.2, -0.15) is 5.10 Å². The molecule has 0 fully saturated rings. The highest BCUT2D eigenvalue weighted by atomic mass is 19.1. The zero-order valence-electron chi connectivity index (χ0n) is 15.7. The number of aryl methyl sites for hydroxylation is 3. The van der Waals surface area contributed by atoms with Crippen molar-refractivity contribution in [2.45, 2.75) is 27.3 Å². The third-order valence-corrected chi connectivity index (χ3v) is 4.64. The third kappa shape index (κ3) is 3.13. The van der Waals surface area contributed by atoms with Crippen LogP contribution in [-0.4, -0.2) is 30.6 Å². The molecule has 4 rings (SSSR count). The molecule has 4 aromatic rings. The van der Waals surface area contributed by atoms with Crippen molar-refractivity contribution < 1.29 is 9.18 Å². The summed E-state index contributed by atoms with van der Waals surface area (Å²) in [5, 5.41) is 10.6. The van der Waals surface area contributed by atoms with E-state index in [1.165, 1.54) is 12.1 Å². The smallest absolute Gasteiger partial charge is 0.252 e. The number of aromatic nitrogens is 5. The van der Waals surface area contributed by atoms with E-state index < -0.39 is 0 Å². The predicted octanol–water partition coefficient (Wildman–Crippen LogP) is 3.14. The molecule has 0 saturated carbocycles. The molecule has 1 amide bonds. The third-order valence-electron chi connectivity index (χ3n) is 4.64. The van der Waals surface area contributed by atoms with Gasteiger partial charge in [0.15, 0.2) is 5.65 Å². The van der Waals surface area contributed by atoms with Gasteiger partial charge in [-0.15, -0.1) is 0 Å². The average molecular weight is 378 g/mol. The first-order valence-electron chi connectivity index (χ1n) is 8.83. The van der Waals surface area contributed by atoms with Crippen LogP contribution in [0, 0.1) is 26.6 Å². The van der Waals surface area contributed by atoms with Gasteiger partial charge in [0.25, 0.3) is 5.91 Å². The van der Waals surface area contributed by atoms with Gasteiger partial charge in [0, 0.05) is 30.3 Å². The maximum absolute atomic E-state index is 13.9. The summed E-state index contributed by atoms with van der Waals surface area (Å²) in [5.41, 5.74) is 3.89. The standard InChI is InChI=1S/C20H19FN6O/c1-11-8-16(18-12(2)25-26-19(18)24-11)20(28)23-10-14-9-15(21)4-5-17(14)27-7-6-22-13(27)3/h4-9H,10H2,1-3H3,(H,23,28)(H,24,25,26). The Morgan fingerprint density at radius 1 is 1.25 bits per heavy atom. The van der Waals surface area contributed by atoms with Gasteiger partial charge < -0.3 is 9.88 Å². The Labute approximate surface area is 160 Å². The summed E-state index contributed by atoms with van der Waals surface area (Å²) in [6.07, 6.45) is 3.48. The number of hydrogen-bond donors (Lipinski definition) is 2. The number of aromatic amines is 1. The molecule has 8 heteroatoms. The Bertz CT molecular complexity index is 1190. The van der Waals surface area contributed by atoms with E-state index in [-0.39, 0.29) is 18.3 Å². The highest BCUT2D eigenvalue weighted by molar-refractivity contribution is 6.06. The number of benzene rings is 1. The SMILES string of the molecule is Cc1cc(C(=O)NCc2cc(F)ccc2-n2ccnc2C)c2c(C)[nH]nc2n1. The summed E-state index contributed by atoms with van der Waals surface area (Å²) in [6.45, 7) is 5.69. The molecule has 0 unspecified atom stereocenters. The molecule has 0 aliphatic rings. The highest BCUT2D eigenvalue weighted by Gasteiger charge is 2.17. The van der Waals surface area contributed by atoms with Gasteiger partial charge >= 0.3 is 0 Å². The Morgan fingerprint density at radius 2 is 2.07 bits per heavy atom. The lowest BCUT2D eigenvalue weighted by Crippen LogP contribution is -2.24. The average Bonchev–Trinajstić information content (AvgIpc) is 3.25. The summed E-state index contributed by atoms with van der Waals surface area (Å²) in [5.74, 6) is 0.149. The second kappa shape index (κ2) is 6.88. The van der Waals surface area contributed by atoms with Crippen LogP contribution in [0.2, 0.25) is 0 Å². The van der Waals surface area contributed by atoms with Crippen molar-refractivity contribution in [1.29, 1.82) is 0 Å². The van der Waals surface area contributed by atoms with Crippen molar-refractivity contribution in [3.05, 3.63) is 70.8 Å². The first kappa shape index (κ1) is 17.8. The van der Waals surface area contributed by atoms with Crippen molar-refractivity contribution >= 4 is 16.9 Å². The number of carbonyl (C=O) groups is 1. The number of carbonyl (C=O) groups excluding carboxylic acids is 1. The van der Waals surface area contributed by atoms with E-state index in [4.69, 9.17) is 0 Å². The zero-order chi connectivity index (χ0) is 19.8. The van der Waals surface area contributed by atoms with Crippen LogP contribution in [-0.2, 0) is 6.54 Å². The summed E-state index contributed by atoms with van der Waals surface area (Å²) in [6, 6.07) is 6.23. The van der Waals surface area contributed by atoms with Crippen LogP contribution in [0.1, 0.15) is 33.1 Å². The second-order valence-corrected chi connectivity index (χ2v) is 6.66. The van der Waals surface area contributed by atoms with Crippen molar-refractivity contribution in [1.82, 2.24) is 30.0 Å². The second-order valence-electron chi connectivity index (χ2n) is 6.66. The quantitative estimate of drug-likeness (QED) is 0.571. The molecular formula is C20H19FN6O. The van der Waals surface area contributed by atoms with E-state index in [1.54, 1.807) is 24.5 Å². The van der Waals surface area contributed by atoms with Gasteiger partial charge in [-0.3, -0.25) is 9.89 Å². The molecule has 1 aromatic carbocycles. The van der Waals surface area contributed by atoms with E-state index in [1.807, 2.05) is 25.3 Å². The monoisotopic (exact) mass is 378 g/mol.